The minimum absolute atomic E-state index is 0.189. The van der Waals surface area contributed by atoms with Crippen molar-refractivity contribution in [2.24, 2.45) is 0 Å². The second-order valence-corrected chi connectivity index (χ2v) is 4.17. The molecular weight excluding hydrogens is 250 g/mol. The van der Waals surface area contributed by atoms with Gasteiger partial charge < -0.3 is 5.11 Å². The van der Waals surface area contributed by atoms with E-state index < -0.39 is 18.2 Å². The summed E-state index contributed by atoms with van der Waals surface area (Å²) in [7, 11) is 0. The molecule has 5 heteroatoms. The first kappa shape index (κ1) is 11.8. The largest absolute Gasteiger partial charge is 0.392 e. The Morgan fingerprint density at radius 3 is 2.47 bits per heavy atom. The predicted octanol–water partition coefficient (Wildman–Crippen LogP) is 2.80. The van der Waals surface area contributed by atoms with Crippen LogP contribution in [0.15, 0.2) is 42.7 Å². The van der Waals surface area contributed by atoms with Crippen molar-refractivity contribution in [1.29, 1.82) is 0 Å². The molecule has 1 heterocycles. The smallest absolute Gasteiger partial charge is 0.150 e. The van der Waals surface area contributed by atoms with Gasteiger partial charge in [0.2, 0.25) is 0 Å². The summed E-state index contributed by atoms with van der Waals surface area (Å²) in [5.74, 6) is -1.46. The Labute approximate surface area is 107 Å². The van der Waals surface area contributed by atoms with E-state index in [-0.39, 0.29) is 11.3 Å². The van der Waals surface area contributed by atoms with E-state index in [9.17, 15) is 8.78 Å². The van der Waals surface area contributed by atoms with Crippen molar-refractivity contribution in [3.63, 3.8) is 0 Å². The van der Waals surface area contributed by atoms with Crippen molar-refractivity contribution in [3.05, 3.63) is 59.9 Å². The van der Waals surface area contributed by atoms with Gasteiger partial charge in [-0.25, -0.2) is 13.8 Å². The van der Waals surface area contributed by atoms with Crippen molar-refractivity contribution in [1.82, 2.24) is 9.55 Å². The molecule has 19 heavy (non-hydrogen) atoms. The molecule has 0 radical (unpaired) electrons. The zero-order valence-corrected chi connectivity index (χ0v) is 9.85. The van der Waals surface area contributed by atoms with E-state index in [2.05, 4.69) is 4.98 Å². The summed E-state index contributed by atoms with van der Waals surface area (Å²) in [5, 5.41) is 8.93. The number of fused-ring (bicyclic) bond motifs is 1. The summed E-state index contributed by atoms with van der Waals surface area (Å²) >= 11 is 0. The number of para-hydroxylation sites is 2. The van der Waals surface area contributed by atoms with Gasteiger partial charge in [-0.05, 0) is 29.8 Å². The number of aromatic nitrogens is 2. The third-order valence-electron chi connectivity index (χ3n) is 2.95. The molecule has 0 fully saturated rings. The highest BCUT2D eigenvalue weighted by Crippen LogP contribution is 2.24. The molecule has 0 unspecified atom stereocenters. The minimum atomic E-state index is -0.729. The molecule has 2 aromatic carbocycles. The van der Waals surface area contributed by atoms with Crippen LogP contribution >= 0.6 is 0 Å². The average Bonchev–Trinajstić information content (AvgIpc) is 2.82. The second kappa shape index (κ2) is 4.44. The summed E-state index contributed by atoms with van der Waals surface area (Å²) < 4.78 is 29.3. The minimum Gasteiger partial charge on any atom is -0.392 e. The molecule has 3 rings (SSSR count). The van der Waals surface area contributed by atoms with E-state index in [0.29, 0.717) is 11.0 Å². The maximum absolute atomic E-state index is 14.0. The summed E-state index contributed by atoms with van der Waals surface area (Å²) in [6.07, 6.45) is 1.38. The number of rotatable bonds is 2. The van der Waals surface area contributed by atoms with Crippen LogP contribution in [-0.4, -0.2) is 14.7 Å². The predicted molar refractivity (Wildman–Crippen MR) is 66.9 cm³/mol. The number of aliphatic hydroxyl groups excluding tert-OH is 1. The van der Waals surface area contributed by atoms with Gasteiger partial charge in [0.15, 0.2) is 11.6 Å². The number of nitrogens with zero attached hydrogens (tertiary/aromatic N) is 2. The third-order valence-corrected chi connectivity index (χ3v) is 2.95. The molecule has 0 spiro atoms. The molecular formula is C14H10F2N2O. The lowest BCUT2D eigenvalue weighted by Crippen LogP contribution is -2.02. The molecule has 0 aliphatic rings. The van der Waals surface area contributed by atoms with Gasteiger partial charge in [-0.3, -0.25) is 4.57 Å². The molecule has 0 saturated heterocycles. The van der Waals surface area contributed by atoms with Crippen LogP contribution in [0.4, 0.5) is 8.78 Å². The number of imidazole rings is 1. The van der Waals surface area contributed by atoms with Crippen LogP contribution in [-0.2, 0) is 6.61 Å². The topological polar surface area (TPSA) is 38.0 Å². The molecule has 1 aromatic heterocycles. The van der Waals surface area contributed by atoms with Gasteiger partial charge in [-0.2, -0.15) is 0 Å². The SMILES string of the molecule is OCc1cc(F)c(-n2cnc3ccccc32)c(F)c1. The van der Waals surface area contributed by atoms with E-state index in [4.69, 9.17) is 5.11 Å². The van der Waals surface area contributed by atoms with Gasteiger partial charge in [0.1, 0.15) is 12.0 Å². The van der Waals surface area contributed by atoms with Crippen LogP contribution < -0.4 is 0 Å². The van der Waals surface area contributed by atoms with Gasteiger partial charge in [0, 0.05) is 0 Å². The molecule has 0 amide bonds. The summed E-state index contributed by atoms with van der Waals surface area (Å²) in [6, 6.07) is 9.32. The molecule has 0 aliphatic heterocycles. The zero-order valence-electron chi connectivity index (χ0n) is 9.85. The molecule has 0 saturated carbocycles. The summed E-state index contributed by atoms with van der Waals surface area (Å²) in [4.78, 5) is 4.10. The molecule has 0 aliphatic carbocycles. The summed E-state index contributed by atoms with van der Waals surface area (Å²) in [6.45, 7) is -0.404. The first-order valence-corrected chi connectivity index (χ1v) is 5.72. The lowest BCUT2D eigenvalue weighted by Gasteiger charge is -2.09. The van der Waals surface area contributed by atoms with Gasteiger partial charge in [-0.1, -0.05) is 12.1 Å². The van der Waals surface area contributed by atoms with Crippen LogP contribution in [0.5, 0.6) is 0 Å². The van der Waals surface area contributed by atoms with Gasteiger partial charge in [-0.15, -0.1) is 0 Å². The number of hydrogen-bond donors (Lipinski definition) is 1. The van der Waals surface area contributed by atoms with Crippen LogP contribution in [0.3, 0.4) is 0 Å². The lowest BCUT2D eigenvalue weighted by molar-refractivity contribution is 0.280. The first-order chi connectivity index (χ1) is 9.20. The van der Waals surface area contributed by atoms with Crippen LogP contribution in [0.1, 0.15) is 5.56 Å². The van der Waals surface area contributed by atoms with E-state index in [0.717, 1.165) is 12.1 Å². The quantitative estimate of drug-likeness (QED) is 0.769. The highest BCUT2D eigenvalue weighted by molar-refractivity contribution is 5.77. The van der Waals surface area contributed by atoms with Gasteiger partial charge in [0.05, 0.1) is 17.6 Å². The zero-order chi connectivity index (χ0) is 13.4. The Hall–Kier alpha value is -2.27. The fourth-order valence-electron chi connectivity index (χ4n) is 2.08. The fourth-order valence-corrected chi connectivity index (χ4v) is 2.08. The maximum Gasteiger partial charge on any atom is 0.150 e. The highest BCUT2D eigenvalue weighted by Gasteiger charge is 2.15. The molecule has 1 N–H and O–H groups in total. The van der Waals surface area contributed by atoms with Crippen molar-refractivity contribution in [2.75, 3.05) is 0 Å². The van der Waals surface area contributed by atoms with Crippen molar-refractivity contribution < 1.29 is 13.9 Å². The summed E-state index contributed by atoms with van der Waals surface area (Å²) in [5.41, 5.74) is 1.29. The third kappa shape index (κ3) is 1.88. The number of halogens is 2. The van der Waals surface area contributed by atoms with Crippen molar-refractivity contribution in [2.45, 2.75) is 6.61 Å². The molecule has 0 atom stereocenters. The number of hydrogen-bond acceptors (Lipinski definition) is 2. The maximum atomic E-state index is 14.0. The Bertz CT molecular complexity index is 729. The van der Waals surface area contributed by atoms with Crippen LogP contribution in [0.2, 0.25) is 0 Å². The number of benzene rings is 2. The Morgan fingerprint density at radius 1 is 1.11 bits per heavy atom. The van der Waals surface area contributed by atoms with E-state index in [1.807, 2.05) is 0 Å². The second-order valence-electron chi connectivity index (χ2n) is 4.17. The normalized spacial score (nSPS) is 11.1. The van der Waals surface area contributed by atoms with E-state index in [1.165, 1.54) is 10.9 Å². The van der Waals surface area contributed by atoms with Gasteiger partial charge >= 0.3 is 0 Å². The molecule has 96 valence electrons. The Morgan fingerprint density at radius 2 is 1.79 bits per heavy atom. The van der Waals surface area contributed by atoms with Gasteiger partial charge in [0.25, 0.3) is 0 Å². The first-order valence-electron chi connectivity index (χ1n) is 5.72. The monoisotopic (exact) mass is 260 g/mol. The van der Waals surface area contributed by atoms with E-state index in [1.54, 1.807) is 24.3 Å². The van der Waals surface area contributed by atoms with Crippen LogP contribution in [0.25, 0.3) is 16.7 Å². The fraction of sp³-hybridized carbons (Fsp3) is 0.0714. The average molecular weight is 260 g/mol. The van der Waals surface area contributed by atoms with Crippen LogP contribution in [0, 0.1) is 11.6 Å². The van der Waals surface area contributed by atoms with Crippen molar-refractivity contribution in [3.8, 4) is 5.69 Å². The lowest BCUT2D eigenvalue weighted by atomic mass is 10.2. The number of aliphatic hydroxyl groups is 1. The Kier molecular flexibility index (Phi) is 2.76. The molecule has 3 nitrogen and oxygen atoms in total. The standard InChI is InChI=1S/C14H10F2N2O/c15-10-5-9(7-19)6-11(16)14(10)18-8-17-12-3-1-2-4-13(12)18/h1-6,8,19H,7H2. The highest BCUT2D eigenvalue weighted by atomic mass is 19.1. The molecule has 0 bridgehead atoms. The molecule has 3 aromatic rings. The van der Waals surface area contributed by atoms with E-state index >= 15 is 0 Å². The van der Waals surface area contributed by atoms with Crippen molar-refractivity contribution >= 4 is 11.0 Å². The Balaban J connectivity index is 2.27.